The molecule has 0 aliphatic rings. The predicted octanol–water partition coefficient (Wildman–Crippen LogP) is -3.04. The van der Waals surface area contributed by atoms with Gasteiger partial charge in [0.2, 0.25) is 10.0 Å². The van der Waals surface area contributed by atoms with Crippen LogP contribution in [-0.4, -0.2) is 38.8 Å². The Balaban J connectivity index is 0.00000300. The molecule has 0 aliphatic heterocycles. The second-order valence-corrected chi connectivity index (χ2v) is 9.54. The number of sulfone groups is 1. The Kier molecular flexibility index (Phi) is 6.72. The molecule has 0 saturated heterocycles. The van der Waals surface area contributed by atoms with Crippen LogP contribution in [0.15, 0.2) is 64.5 Å². The van der Waals surface area contributed by atoms with Gasteiger partial charge in [-0.25, -0.2) is 26.7 Å². The summed E-state index contributed by atoms with van der Waals surface area (Å²) in [6.07, 6.45) is 2.29. The van der Waals surface area contributed by atoms with Crippen LogP contribution in [0, 0.1) is 0 Å². The van der Waals surface area contributed by atoms with Crippen LogP contribution in [0.3, 0.4) is 0 Å². The van der Waals surface area contributed by atoms with Crippen molar-refractivity contribution in [2.75, 3.05) is 6.26 Å². The zero-order chi connectivity index (χ0) is 20.7. The molecule has 1 aromatic heterocycles. The minimum Gasteiger partial charge on any atom is -0.545 e. The Morgan fingerprint density at radius 1 is 0.966 bits per heavy atom. The number of carboxylic acid groups (broad SMARTS) is 1. The van der Waals surface area contributed by atoms with Gasteiger partial charge in [0, 0.05) is 23.6 Å². The number of nitrogens with zero attached hydrogens (tertiary/aromatic N) is 2. The number of carbonyl (C=O) groups excluding carboxylic acids is 1. The van der Waals surface area contributed by atoms with Crippen LogP contribution >= 0.6 is 0 Å². The second-order valence-electron chi connectivity index (χ2n) is 5.96. The van der Waals surface area contributed by atoms with Gasteiger partial charge in [0.15, 0.2) is 9.84 Å². The third-order valence-corrected chi connectivity index (χ3v) is 5.98. The molecular formula is C17H14N3NaO6S2. The fourth-order valence-corrected chi connectivity index (χ4v) is 3.66. The summed E-state index contributed by atoms with van der Waals surface area (Å²) in [6.45, 7) is 0. The van der Waals surface area contributed by atoms with Gasteiger partial charge in [0.25, 0.3) is 0 Å². The normalized spacial score (nSPS) is 11.7. The topological polar surface area (TPSA) is 152 Å². The number of hydrogen-bond acceptors (Lipinski definition) is 7. The van der Waals surface area contributed by atoms with E-state index in [1.54, 1.807) is 0 Å². The summed E-state index contributed by atoms with van der Waals surface area (Å²) in [6, 6.07) is 11.0. The number of rotatable bonds is 5. The number of benzene rings is 2. The van der Waals surface area contributed by atoms with Gasteiger partial charge in [0.05, 0.1) is 21.4 Å². The maximum Gasteiger partial charge on any atom is 1.00 e. The van der Waals surface area contributed by atoms with Gasteiger partial charge in [-0.1, -0.05) is 12.1 Å². The standard InChI is InChI=1S/C17H15N3O6S2.Na/c1-27(23,24)13-6-2-11(3-7-13)16-15(17(21)22)10-20(19-16)12-4-8-14(9-5-12)28(18,25)26;/h2-10H,1H3,(H,21,22)(H2,18,25,26);/q;+1/p-1. The van der Waals surface area contributed by atoms with Gasteiger partial charge in [-0.2, -0.15) is 5.10 Å². The number of aromatic carboxylic acids is 1. The van der Waals surface area contributed by atoms with E-state index in [9.17, 15) is 26.7 Å². The maximum atomic E-state index is 11.6. The minimum atomic E-state index is -3.86. The van der Waals surface area contributed by atoms with Crippen molar-refractivity contribution in [3.63, 3.8) is 0 Å². The van der Waals surface area contributed by atoms with Crippen molar-refractivity contribution in [1.29, 1.82) is 0 Å². The van der Waals surface area contributed by atoms with E-state index >= 15 is 0 Å². The first-order valence-corrected chi connectivity index (χ1v) is 11.2. The van der Waals surface area contributed by atoms with Crippen molar-refractivity contribution in [1.82, 2.24) is 9.78 Å². The van der Waals surface area contributed by atoms with Crippen molar-refractivity contribution < 1.29 is 56.3 Å². The van der Waals surface area contributed by atoms with E-state index in [-0.39, 0.29) is 50.6 Å². The molecule has 2 N–H and O–H groups in total. The number of carbonyl (C=O) groups is 1. The fraction of sp³-hybridized carbons (Fsp3) is 0.0588. The Morgan fingerprint density at radius 2 is 1.48 bits per heavy atom. The van der Waals surface area contributed by atoms with Crippen LogP contribution in [0.1, 0.15) is 10.4 Å². The Labute approximate surface area is 189 Å². The number of nitrogens with two attached hydrogens (primary N) is 1. The van der Waals surface area contributed by atoms with Crippen molar-refractivity contribution >= 4 is 25.8 Å². The molecule has 0 atom stereocenters. The van der Waals surface area contributed by atoms with Crippen LogP contribution in [0.5, 0.6) is 0 Å². The first-order valence-electron chi connectivity index (χ1n) is 7.71. The molecule has 1 heterocycles. The predicted molar refractivity (Wildman–Crippen MR) is 97.8 cm³/mol. The van der Waals surface area contributed by atoms with Crippen LogP contribution in [-0.2, 0) is 19.9 Å². The van der Waals surface area contributed by atoms with E-state index in [4.69, 9.17) is 5.14 Å². The van der Waals surface area contributed by atoms with E-state index in [1.807, 2.05) is 0 Å². The molecule has 3 aromatic rings. The molecule has 29 heavy (non-hydrogen) atoms. The molecule has 12 heteroatoms. The van der Waals surface area contributed by atoms with Crippen LogP contribution in [0.4, 0.5) is 0 Å². The van der Waals surface area contributed by atoms with E-state index in [0.717, 1.165) is 6.26 Å². The monoisotopic (exact) mass is 443 g/mol. The largest absolute Gasteiger partial charge is 1.00 e. The molecule has 0 amide bonds. The Hall–Kier alpha value is -2.02. The van der Waals surface area contributed by atoms with Crippen molar-refractivity contribution in [2.24, 2.45) is 5.14 Å². The molecule has 0 spiro atoms. The Morgan fingerprint density at radius 3 is 1.93 bits per heavy atom. The number of aromatic nitrogens is 2. The van der Waals surface area contributed by atoms with Gasteiger partial charge in [0.1, 0.15) is 5.69 Å². The van der Waals surface area contributed by atoms with Gasteiger partial charge in [-0.05, 0) is 36.4 Å². The minimum absolute atomic E-state index is 0. The SMILES string of the molecule is CS(=O)(=O)c1ccc(-c2nn(-c3ccc(S(N)(=O)=O)cc3)cc2C(=O)[O-])cc1.[Na+]. The molecule has 2 aromatic carbocycles. The van der Waals surface area contributed by atoms with E-state index in [1.165, 1.54) is 59.4 Å². The van der Waals surface area contributed by atoms with Gasteiger partial charge in [-0.3, -0.25) is 0 Å². The summed E-state index contributed by atoms with van der Waals surface area (Å²) in [5.41, 5.74) is 0.651. The average Bonchev–Trinajstić information content (AvgIpc) is 3.06. The summed E-state index contributed by atoms with van der Waals surface area (Å²) in [7, 11) is -7.26. The summed E-state index contributed by atoms with van der Waals surface area (Å²) < 4.78 is 47.1. The number of sulfonamides is 1. The fourth-order valence-electron chi connectivity index (χ4n) is 2.52. The molecule has 0 saturated carbocycles. The maximum absolute atomic E-state index is 11.6. The quantitative estimate of drug-likeness (QED) is 0.411. The zero-order valence-corrected chi connectivity index (χ0v) is 19.1. The summed E-state index contributed by atoms with van der Waals surface area (Å²) in [5.74, 6) is -1.46. The molecule has 0 aliphatic carbocycles. The van der Waals surface area contributed by atoms with E-state index in [0.29, 0.717) is 11.3 Å². The molecule has 0 unspecified atom stereocenters. The first-order chi connectivity index (χ1) is 13.0. The molecule has 0 bridgehead atoms. The van der Waals surface area contributed by atoms with Crippen molar-refractivity contribution in [2.45, 2.75) is 9.79 Å². The van der Waals surface area contributed by atoms with Crippen LogP contribution in [0.2, 0.25) is 0 Å². The zero-order valence-electron chi connectivity index (χ0n) is 15.4. The molecule has 9 nitrogen and oxygen atoms in total. The molecular weight excluding hydrogens is 429 g/mol. The van der Waals surface area contributed by atoms with E-state index < -0.39 is 25.8 Å². The molecule has 3 rings (SSSR count). The van der Waals surface area contributed by atoms with Gasteiger partial charge < -0.3 is 9.90 Å². The van der Waals surface area contributed by atoms with Crippen molar-refractivity contribution in [3.05, 3.63) is 60.3 Å². The average molecular weight is 443 g/mol. The van der Waals surface area contributed by atoms with E-state index in [2.05, 4.69) is 5.10 Å². The smallest absolute Gasteiger partial charge is 0.545 e. The van der Waals surface area contributed by atoms with Crippen LogP contribution in [0.25, 0.3) is 16.9 Å². The number of carboxylic acids is 1. The number of primary sulfonamides is 1. The van der Waals surface area contributed by atoms with Crippen molar-refractivity contribution in [3.8, 4) is 16.9 Å². The third-order valence-electron chi connectivity index (χ3n) is 3.92. The third kappa shape index (κ3) is 5.13. The number of hydrogen-bond donors (Lipinski definition) is 1. The Bertz CT molecular complexity index is 1270. The van der Waals surface area contributed by atoms with Gasteiger partial charge in [-0.15, -0.1) is 0 Å². The summed E-state index contributed by atoms with van der Waals surface area (Å²) in [5, 5.41) is 20.8. The second kappa shape index (κ2) is 8.38. The summed E-state index contributed by atoms with van der Waals surface area (Å²) >= 11 is 0. The molecule has 146 valence electrons. The van der Waals surface area contributed by atoms with Gasteiger partial charge >= 0.3 is 29.6 Å². The molecule has 0 fully saturated rings. The molecule has 0 radical (unpaired) electrons. The first kappa shape index (κ1) is 23.3. The summed E-state index contributed by atoms with van der Waals surface area (Å²) in [4.78, 5) is 11.5. The van der Waals surface area contributed by atoms with Crippen LogP contribution < -0.4 is 39.8 Å².